The lowest BCUT2D eigenvalue weighted by atomic mass is 9.94. The molecule has 11 heteroatoms. The Bertz CT molecular complexity index is 2000. The number of hydrogen-bond acceptors (Lipinski definition) is 7. The number of hydrogen-bond donors (Lipinski definition) is 4. The van der Waals surface area contributed by atoms with Crippen LogP contribution in [0, 0.1) is 24.5 Å². The molecule has 4 aromatic rings. The average molecular weight is 655 g/mol. The number of benzene rings is 3. The minimum Gasteiger partial charge on any atom is -0.504 e. The van der Waals surface area contributed by atoms with Crippen molar-refractivity contribution in [3.05, 3.63) is 123 Å². The number of halogens is 2. The number of amides is 1. The summed E-state index contributed by atoms with van der Waals surface area (Å²) in [7, 11) is 1.45. The standard InChI is InChI=1S/C37H36F2N4O5/c1-21-3-6-27(31(38)13-21)29-19-43(18-22-9-11-48-12-10-22)20-30(35(29)45)37(46)42-25-5-7-26(32(39)16-25)28-14-24(17-41-36(28)40)23-4-8-33(44)34(15-23)47-2/h3-8,13-17,19-20,22,36,41,44H,9-12,18,40H2,1-2H3,(H,42,46). The molecule has 0 radical (unpaired) electrons. The highest BCUT2D eigenvalue weighted by molar-refractivity contribution is 6.04. The zero-order valence-electron chi connectivity index (χ0n) is 26.6. The second kappa shape index (κ2) is 13.8. The number of carbonyl (C=O) groups is 1. The molecular weight excluding hydrogens is 618 g/mol. The van der Waals surface area contributed by atoms with Crippen molar-refractivity contribution >= 4 is 22.7 Å². The molecule has 1 fully saturated rings. The summed E-state index contributed by atoms with van der Waals surface area (Å²) >= 11 is 0. The second-order valence-corrected chi connectivity index (χ2v) is 12.0. The van der Waals surface area contributed by atoms with Crippen LogP contribution < -0.4 is 26.5 Å². The van der Waals surface area contributed by atoms with E-state index in [9.17, 15) is 14.7 Å². The smallest absolute Gasteiger partial charge is 0.261 e. The van der Waals surface area contributed by atoms with E-state index in [2.05, 4.69) is 10.6 Å². The molecule has 2 aliphatic rings. The van der Waals surface area contributed by atoms with Gasteiger partial charge in [0.25, 0.3) is 5.91 Å². The summed E-state index contributed by atoms with van der Waals surface area (Å²) in [5.74, 6) is -1.42. The zero-order chi connectivity index (χ0) is 33.9. The number of aromatic nitrogens is 1. The molecule has 248 valence electrons. The van der Waals surface area contributed by atoms with Crippen molar-refractivity contribution in [3.63, 3.8) is 0 Å². The van der Waals surface area contributed by atoms with E-state index in [0.717, 1.165) is 18.9 Å². The van der Waals surface area contributed by atoms with E-state index in [1.165, 1.54) is 43.6 Å². The number of nitrogens with two attached hydrogens (primary N) is 1. The van der Waals surface area contributed by atoms with Crippen molar-refractivity contribution in [2.75, 3.05) is 25.6 Å². The molecule has 5 N–H and O–H groups in total. The average Bonchev–Trinajstić information content (AvgIpc) is 3.07. The Kier molecular flexibility index (Phi) is 9.42. The Morgan fingerprint density at radius 2 is 1.79 bits per heavy atom. The molecule has 1 amide bonds. The van der Waals surface area contributed by atoms with Crippen molar-refractivity contribution in [1.29, 1.82) is 0 Å². The van der Waals surface area contributed by atoms with Gasteiger partial charge in [0.05, 0.1) is 7.11 Å². The predicted octanol–water partition coefficient (Wildman–Crippen LogP) is 5.81. The van der Waals surface area contributed by atoms with Gasteiger partial charge in [-0.3, -0.25) is 9.59 Å². The van der Waals surface area contributed by atoms with Crippen LogP contribution in [0.25, 0.3) is 22.3 Å². The molecule has 6 rings (SSSR count). The first-order valence-corrected chi connectivity index (χ1v) is 15.6. The van der Waals surface area contributed by atoms with Crippen LogP contribution in [0.2, 0.25) is 0 Å². The SMILES string of the molecule is COc1cc(C2=CNC(N)C(c3ccc(NC(=O)c4cn(CC5CCOCC5)cc(-c5ccc(C)cc5F)c4=O)cc3F)=C2)ccc1O. The molecule has 9 nitrogen and oxygen atoms in total. The van der Waals surface area contributed by atoms with E-state index in [-0.39, 0.29) is 45.4 Å². The highest BCUT2D eigenvalue weighted by Crippen LogP contribution is 2.34. The molecule has 1 saturated heterocycles. The number of carbonyl (C=O) groups excluding carboxylic acids is 1. The van der Waals surface area contributed by atoms with Crippen LogP contribution in [0.3, 0.4) is 0 Å². The third-order valence-corrected chi connectivity index (χ3v) is 8.66. The number of pyridine rings is 1. The lowest BCUT2D eigenvalue weighted by molar-refractivity contribution is 0.0612. The molecule has 3 heterocycles. The molecule has 0 bridgehead atoms. The first-order chi connectivity index (χ1) is 23.1. The number of nitrogens with zero attached hydrogens (tertiary/aromatic N) is 1. The summed E-state index contributed by atoms with van der Waals surface area (Å²) in [5, 5.41) is 15.6. The van der Waals surface area contributed by atoms with Crippen LogP contribution in [0.1, 0.15) is 39.9 Å². The summed E-state index contributed by atoms with van der Waals surface area (Å²) in [6.07, 6.45) is 7.41. The maximum Gasteiger partial charge on any atom is 0.261 e. The quantitative estimate of drug-likeness (QED) is 0.189. The number of dihydropyridines is 1. The first-order valence-electron chi connectivity index (χ1n) is 15.6. The Morgan fingerprint density at radius 3 is 2.52 bits per heavy atom. The molecule has 3 aromatic carbocycles. The summed E-state index contributed by atoms with van der Waals surface area (Å²) < 4.78 is 43.2. The number of phenols is 1. The van der Waals surface area contributed by atoms with Gasteiger partial charge in [0.1, 0.15) is 23.4 Å². The Balaban J connectivity index is 1.29. The van der Waals surface area contributed by atoms with E-state index >= 15 is 8.78 Å². The number of allylic oxidation sites excluding steroid dienone is 2. The van der Waals surface area contributed by atoms with E-state index < -0.39 is 29.1 Å². The number of rotatable bonds is 8. The van der Waals surface area contributed by atoms with Crippen molar-refractivity contribution in [3.8, 4) is 22.6 Å². The van der Waals surface area contributed by atoms with Crippen LogP contribution in [-0.2, 0) is 11.3 Å². The normalized spacial score (nSPS) is 16.5. The third-order valence-electron chi connectivity index (χ3n) is 8.66. The van der Waals surface area contributed by atoms with Gasteiger partial charge in [0.15, 0.2) is 11.5 Å². The number of anilines is 1. The maximum absolute atomic E-state index is 15.7. The molecule has 0 aliphatic carbocycles. The van der Waals surface area contributed by atoms with Crippen LogP contribution in [0.15, 0.2) is 84.1 Å². The van der Waals surface area contributed by atoms with Crippen molar-refractivity contribution in [2.24, 2.45) is 11.7 Å². The fourth-order valence-corrected chi connectivity index (χ4v) is 6.02. The van der Waals surface area contributed by atoms with E-state index in [1.807, 2.05) is 0 Å². The number of phenolic OH excluding ortho intramolecular Hbond substituents is 1. The number of methoxy groups -OCH3 is 1. The molecule has 1 aromatic heterocycles. The van der Waals surface area contributed by atoms with Crippen LogP contribution >= 0.6 is 0 Å². The predicted molar refractivity (Wildman–Crippen MR) is 180 cm³/mol. The van der Waals surface area contributed by atoms with Crippen LogP contribution in [-0.4, -0.2) is 42.1 Å². The summed E-state index contributed by atoms with van der Waals surface area (Å²) in [4.78, 5) is 27.3. The molecule has 1 atom stereocenters. The Labute approximate surface area is 276 Å². The largest absolute Gasteiger partial charge is 0.504 e. The van der Waals surface area contributed by atoms with Crippen LogP contribution in [0.5, 0.6) is 11.5 Å². The van der Waals surface area contributed by atoms with E-state index in [0.29, 0.717) is 42.0 Å². The number of aryl methyl sites for hydroxylation is 1. The van der Waals surface area contributed by atoms with E-state index in [4.69, 9.17) is 15.2 Å². The van der Waals surface area contributed by atoms with Crippen LogP contribution in [0.4, 0.5) is 14.5 Å². The zero-order valence-corrected chi connectivity index (χ0v) is 26.6. The maximum atomic E-state index is 15.7. The minimum atomic E-state index is -0.746. The van der Waals surface area contributed by atoms with E-state index in [1.54, 1.807) is 48.2 Å². The second-order valence-electron chi connectivity index (χ2n) is 12.0. The molecular formula is C37H36F2N4O5. The molecule has 48 heavy (non-hydrogen) atoms. The summed E-state index contributed by atoms with van der Waals surface area (Å²) in [5.41, 5.74) is 8.50. The molecule has 0 spiro atoms. The van der Waals surface area contributed by atoms with Gasteiger partial charge in [-0.1, -0.05) is 18.2 Å². The lowest BCUT2D eigenvalue weighted by Crippen LogP contribution is -2.37. The number of ether oxygens (including phenoxy) is 2. The van der Waals surface area contributed by atoms with Gasteiger partial charge in [-0.25, -0.2) is 8.78 Å². The first kappa shape index (κ1) is 32.7. The molecule has 2 aliphatic heterocycles. The van der Waals surface area contributed by atoms with Gasteiger partial charge < -0.3 is 35.5 Å². The minimum absolute atomic E-state index is 0.0116. The van der Waals surface area contributed by atoms with Gasteiger partial charge in [-0.2, -0.15) is 0 Å². The Hall–Kier alpha value is -5.26. The number of nitrogens with one attached hydrogen (secondary N) is 2. The summed E-state index contributed by atoms with van der Waals surface area (Å²) in [6.45, 7) is 3.52. The monoisotopic (exact) mass is 654 g/mol. The van der Waals surface area contributed by atoms with Gasteiger partial charge in [-0.05, 0) is 90.4 Å². The van der Waals surface area contributed by atoms with Gasteiger partial charge in [-0.15, -0.1) is 0 Å². The molecule has 0 saturated carbocycles. The fraction of sp³-hybridized carbons (Fsp3) is 0.243. The third kappa shape index (κ3) is 6.87. The number of aromatic hydroxyl groups is 1. The van der Waals surface area contributed by atoms with Gasteiger partial charge in [0.2, 0.25) is 5.43 Å². The molecule has 1 unspecified atom stereocenters. The van der Waals surface area contributed by atoms with Crippen molar-refractivity contribution in [1.82, 2.24) is 9.88 Å². The topological polar surface area (TPSA) is 128 Å². The lowest BCUT2D eigenvalue weighted by Gasteiger charge is -2.24. The van der Waals surface area contributed by atoms with Gasteiger partial charge >= 0.3 is 0 Å². The fourth-order valence-electron chi connectivity index (χ4n) is 6.02. The van der Waals surface area contributed by atoms with Gasteiger partial charge in [0, 0.05) is 60.7 Å². The summed E-state index contributed by atoms with van der Waals surface area (Å²) in [6, 6.07) is 13.6. The highest BCUT2D eigenvalue weighted by atomic mass is 19.1. The van der Waals surface area contributed by atoms with Crippen molar-refractivity contribution in [2.45, 2.75) is 32.5 Å². The van der Waals surface area contributed by atoms with Crippen molar-refractivity contribution < 1.29 is 28.2 Å². The Morgan fingerprint density at radius 1 is 1.04 bits per heavy atom. The highest BCUT2D eigenvalue weighted by Gasteiger charge is 2.23.